The summed E-state index contributed by atoms with van der Waals surface area (Å²) in [5, 5.41) is 3.16. The fraction of sp³-hybridized carbons (Fsp3) is 0.0909. The van der Waals surface area contributed by atoms with Crippen molar-refractivity contribution in [3.05, 3.63) is 42.5 Å². The standard InChI is InChI=1S/C11H9ClS/c12-8-13-11-6-5-9-3-1-2-4-10(9)7-11/h1-7H,8H2. The van der Waals surface area contributed by atoms with Crippen LogP contribution in [-0.4, -0.2) is 5.21 Å². The highest BCUT2D eigenvalue weighted by Crippen LogP contribution is 2.23. The van der Waals surface area contributed by atoms with Crippen LogP contribution in [0.1, 0.15) is 0 Å². The summed E-state index contributed by atoms with van der Waals surface area (Å²) in [4.78, 5) is 1.23. The summed E-state index contributed by atoms with van der Waals surface area (Å²) < 4.78 is 0. The molecule has 0 aliphatic rings. The summed E-state index contributed by atoms with van der Waals surface area (Å²) >= 11 is 7.31. The quantitative estimate of drug-likeness (QED) is 0.528. The molecule has 0 saturated heterocycles. The van der Waals surface area contributed by atoms with E-state index in [0.29, 0.717) is 5.21 Å². The van der Waals surface area contributed by atoms with Crippen LogP contribution in [0.3, 0.4) is 0 Å². The first-order chi connectivity index (χ1) is 6.40. The predicted octanol–water partition coefficient (Wildman–Crippen LogP) is 4.13. The van der Waals surface area contributed by atoms with Gasteiger partial charge in [0.25, 0.3) is 0 Å². The van der Waals surface area contributed by atoms with Gasteiger partial charge in [-0.3, -0.25) is 0 Å². The SMILES string of the molecule is ClCSc1ccc2ccccc2c1. The molecule has 0 heterocycles. The minimum absolute atomic E-state index is 0.609. The zero-order chi connectivity index (χ0) is 9.10. The number of rotatable bonds is 2. The van der Waals surface area contributed by atoms with Crippen molar-refractivity contribution in [2.45, 2.75) is 4.90 Å². The summed E-state index contributed by atoms with van der Waals surface area (Å²) in [7, 11) is 0. The third-order valence-electron chi connectivity index (χ3n) is 1.94. The van der Waals surface area contributed by atoms with Gasteiger partial charge in [0.05, 0.1) is 5.21 Å². The van der Waals surface area contributed by atoms with Crippen molar-refractivity contribution in [3.63, 3.8) is 0 Å². The Labute approximate surface area is 86.9 Å². The maximum Gasteiger partial charge on any atom is 0.0727 e. The van der Waals surface area contributed by atoms with Gasteiger partial charge >= 0.3 is 0 Å². The van der Waals surface area contributed by atoms with Crippen molar-refractivity contribution in [1.82, 2.24) is 0 Å². The lowest BCUT2D eigenvalue weighted by Gasteiger charge is -2.00. The molecule has 13 heavy (non-hydrogen) atoms. The van der Waals surface area contributed by atoms with Crippen LogP contribution in [0.2, 0.25) is 0 Å². The number of hydrogen-bond donors (Lipinski definition) is 0. The van der Waals surface area contributed by atoms with E-state index in [0.717, 1.165) is 0 Å². The van der Waals surface area contributed by atoms with Gasteiger partial charge in [-0.25, -0.2) is 0 Å². The number of benzene rings is 2. The number of hydrogen-bond acceptors (Lipinski definition) is 1. The molecule has 0 aliphatic carbocycles. The zero-order valence-electron chi connectivity index (χ0n) is 7.03. The molecule has 0 saturated carbocycles. The van der Waals surface area contributed by atoms with Gasteiger partial charge in [-0.05, 0) is 22.9 Å². The van der Waals surface area contributed by atoms with E-state index < -0.39 is 0 Å². The molecule has 0 bridgehead atoms. The first-order valence-electron chi connectivity index (χ1n) is 4.08. The molecule has 2 rings (SSSR count). The molecular formula is C11H9ClS. The molecule has 0 unspecified atom stereocenters. The topological polar surface area (TPSA) is 0 Å². The molecule has 0 atom stereocenters. The van der Waals surface area contributed by atoms with E-state index in [-0.39, 0.29) is 0 Å². The highest BCUT2D eigenvalue weighted by Gasteiger charge is 1.94. The Hall–Kier alpha value is -0.660. The fourth-order valence-electron chi connectivity index (χ4n) is 1.32. The average Bonchev–Trinajstić information content (AvgIpc) is 2.18. The molecule has 66 valence electrons. The van der Waals surface area contributed by atoms with E-state index in [1.165, 1.54) is 15.7 Å². The second-order valence-electron chi connectivity index (χ2n) is 2.76. The molecule has 0 aromatic heterocycles. The van der Waals surface area contributed by atoms with Gasteiger partial charge in [-0.1, -0.05) is 30.3 Å². The highest BCUT2D eigenvalue weighted by molar-refractivity contribution is 8.00. The zero-order valence-corrected chi connectivity index (χ0v) is 8.61. The molecule has 0 spiro atoms. The Morgan fingerprint density at radius 2 is 1.77 bits per heavy atom. The van der Waals surface area contributed by atoms with E-state index >= 15 is 0 Å². The summed E-state index contributed by atoms with van der Waals surface area (Å²) in [6, 6.07) is 14.7. The van der Waals surface area contributed by atoms with Gasteiger partial charge in [0.15, 0.2) is 0 Å². The molecule has 2 aromatic rings. The number of thioether (sulfide) groups is 1. The minimum atomic E-state index is 0.609. The lowest BCUT2D eigenvalue weighted by atomic mass is 10.1. The lowest BCUT2D eigenvalue weighted by Crippen LogP contribution is -1.74. The smallest absolute Gasteiger partial charge is 0.0727 e. The van der Waals surface area contributed by atoms with Crippen LogP contribution >= 0.6 is 23.4 Å². The molecule has 0 fully saturated rings. The molecule has 0 nitrogen and oxygen atoms in total. The van der Waals surface area contributed by atoms with E-state index in [4.69, 9.17) is 11.6 Å². The van der Waals surface area contributed by atoms with Crippen molar-refractivity contribution in [2.24, 2.45) is 0 Å². The van der Waals surface area contributed by atoms with E-state index in [1.807, 2.05) is 0 Å². The number of fused-ring (bicyclic) bond motifs is 1. The minimum Gasteiger partial charge on any atom is -0.114 e. The van der Waals surface area contributed by atoms with Gasteiger partial charge in [0.1, 0.15) is 0 Å². The van der Waals surface area contributed by atoms with Crippen LogP contribution in [0.25, 0.3) is 10.8 Å². The third-order valence-corrected chi connectivity index (χ3v) is 2.97. The van der Waals surface area contributed by atoms with Crippen molar-refractivity contribution >= 4 is 34.1 Å². The van der Waals surface area contributed by atoms with Crippen molar-refractivity contribution in [2.75, 3.05) is 5.21 Å². The summed E-state index contributed by atoms with van der Waals surface area (Å²) in [5.74, 6) is 0. The van der Waals surface area contributed by atoms with Crippen LogP contribution in [0.15, 0.2) is 47.4 Å². The molecular weight excluding hydrogens is 200 g/mol. The van der Waals surface area contributed by atoms with Gasteiger partial charge in [-0.2, -0.15) is 0 Å². The van der Waals surface area contributed by atoms with E-state index in [2.05, 4.69) is 42.5 Å². The Morgan fingerprint density at radius 1 is 1.00 bits per heavy atom. The first kappa shape index (κ1) is 8.92. The van der Waals surface area contributed by atoms with Crippen LogP contribution < -0.4 is 0 Å². The molecule has 0 aliphatic heterocycles. The van der Waals surface area contributed by atoms with Gasteiger partial charge in [0.2, 0.25) is 0 Å². The highest BCUT2D eigenvalue weighted by atomic mass is 35.5. The number of alkyl halides is 1. The van der Waals surface area contributed by atoms with Crippen LogP contribution in [0.4, 0.5) is 0 Å². The van der Waals surface area contributed by atoms with Gasteiger partial charge < -0.3 is 0 Å². The largest absolute Gasteiger partial charge is 0.114 e. The second-order valence-corrected chi connectivity index (χ2v) is 4.40. The predicted molar refractivity (Wildman–Crippen MR) is 60.5 cm³/mol. The molecule has 0 amide bonds. The maximum atomic E-state index is 5.65. The van der Waals surface area contributed by atoms with Crippen LogP contribution in [0, 0.1) is 0 Å². The maximum absolute atomic E-state index is 5.65. The van der Waals surface area contributed by atoms with E-state index in [9.17, 15) is 0 Å². The lowest BCUT2D eigenvalue weighted by molar-refractivity contribution is 1.51. The van der Waals surface area contributed by atoms with Crippen molar-refractivity contribution in [1.29, 1.82) is 0 Å². The third kappa shape index (κ3) is 1.98. The fourth-order valence-corrected chi connectivity index (χ4v) is 2.20. The molecule has 0 radical (unpaired) electrons. The molecule has 2 aromatic carbocycles. The van der Waals surface area contributed by atoms with Crippen molar-refractivity contribution in [3.8, 4) is 0 Å². The summed E-state index contributed by atoms with van der Waals surface area (Å²) in [6.45, 7) is 0. The monoisotopic (exact) mass is 208 g/mol. The molecule has 2 heteroatoms. The van der Waals surface area contributed by atoms with E-state index in [1.54, 1.807) is 11.8 Å². The van der Waals surface area contributed by atoms with Gasteiger partial charge in [0, 0.05) is 4.90 Å². The van der Waals surface area contributed by atoms with Crippen LogP contribution in [0.5, 0.6) is 0 Å². The van der Waals surface area contributed by atoms with Gasteiger partial charge in [-0.15, -0.1) is 23.4 Å². The Kier molecular flexibility index (Phi) is 2.77. The summed E-state index contributed by atoms with van der Waals surface area (Å²) in [6.07, 6.45) is 0. The number of halogens is 1. The Balaban J connectivity index is 2.49. The Bertz CT molecular complexity index is 412. The average molecular weight is 209 g/mol. The van der Waals surface area contributed by atoms with Crippen LogP contribution in [-0.2, 0) is 0 Å². The summed E-state index contributed by atoms with van der Waals surface area (Å²) in [5.41, 5.74) is 0. The normalized spacial score (nSPS) is 10.5. The molecule has 0 N–H and O–H groups in total. The second kappa shape index (κ2) is 4.03. The first-order valence-corrected chi connectivity index (χ1v) is 5.60. The van der Waals surface area contributed by atoms with Crippen molar-refractivity contribution < 1.29 is 0 Å². The Morgan fingerprint density at radius 3 is 2.54 bits per heavy atom.